The predicted molar refractivity (Wildman–Crippen MR) is 207 cm³/mol. The van der Waals surface area contributed by atoms with Crippen molar-refractivity contribution < 1.29 is 70.6 Å². The van der Waals surface area contributed by atoms with Gasteiger partial charge in [0.2, 0.25) is 16.9 Å². The molecule has 2 aromatic carbocycles. The first-order valence-electron chi connectivity index (χ1n) is 17.0. The van der Waals surface area contributed by atoms with E-state index in [1.54, 1.807) is 0 Å². The van der Waals surface area contributed by atoms with Crippen LogP contribution in [0.15, 0.2) is 55.1 Å². The second kappa shape index (κ2) is 17.4. The van der Waals surface area contributed by atoms with Gasteiger partial charge >= 0.3 is 28.5 Å². The van der Waals surface area contributed by atoms with Gasteiger partial charge in [-0.25, -0.2) is 33.2 Å². The van der Waals surface area contributed by atoms with E-state index in [1.165, 1.54) is 10.9 Å². The predicted octanol–water partition coefficient (Wildman–Crippen LogP) is 0.576. The third-order valence-electron chi connectivity index (χ3n) is 8.54. The number of amides is 2. The number of carbonyl (C=O) groups is 2. The lowest BCUT2D eigenvalue weighted by Crippen LogP contribution is -2.41. The SMILES string of the molecule is Nc1ccc2cc3ccc(N)cc3[n+](CCCC(=O)NCCNC(=O)O[C@@H]3[C@H](O)[C@@H](COP(=O)(O)OP(=O)(O)OP(O)(O)=S)O[C@H]3n3cnc4c(N)ncnc43)c2c1. The topological polar surface area (TPSA) is 365 Å². The molecule has 6 atom stereocenters. The van der Waals surface area contributed by atoms with Crippen molar-refractivity contribution in [3.63, 3.8) is 0 Å². The Morgan fingerprint density at radius 3 is 2.22 bits per heavy atom. The van der Waals surface area contributed by atoms with Gasteiger partial charge in [0.15, 0.2) is 23.8 Å². The molecular formula is C30H38N10O14P3S+. The molecule has 28 heteroatoms. The molecule has 1 aliphatic heterocycles. The molecule has 0 radical (unpaired) electrons. The van der Waals surface area contributed by atoms with Crippen molar-refractivity contribution in [1.29, 1.82) is 0 Å². The van der Waals surface area contributed by atoms with Gasteiger partial charge in [-0.1, -0.05) is 0 Å². The van der Waals surface area contributed by atoms with Crippen molar-refractivity contribution in [3.05, 3.63) is 55.1 Å². The summed E-state index contributed by atoms with van der Waals surface area (Å²) in [5.74, 6) is -0.303. The highest BCUT2D eigenvalue weighted by Gasteiger charge is 2.49. The lowest BCUT2D eigenvalue weighted by molar-refractivity contribution is -0.645. The number of benzene rings is 2. The molecule has 1 aliphatic rings. The molecule has 2 amide bonds. The van der Waals surface area contributed by atoms with Crippen LogP contribution in [0.25, 0.3) is 33.0 Å². The van der Waals surface area contributed by atoms with Crippen molar-refractivity contribution in [3.8, 4) is 0 Å². The Kier molecular flexibility index (Phi) is 13.0. The molecule has 5 aromatic rings. The fourth-order valence-electron chi connectivity index (χ4n) is 6.12. The fourth-order valence-corrected chi connectivity index (χ4v) is 9.91. The van der Waals surface area contributed by atoms with Gasteiger partial charge < -0.3 is 62.0 Å². The minimum absolute atomic E-state index is 0.00264. The standard InChI is InChI=1S/C30H37N10O14P3S/c31-18-5-3-16-10-17-4-6-19(32)12-21(17)39(20(16)11-18)9-1-2-23(41)34-7-8-35-30(43)52-26-25(42)22(13-50-55(44,45)53-56(46,47)54-57(48,49)58)51-29(26)40-15-38-24-27(33)36-14-37-28(24)40/h3-6,10-12,14-15,22,25-26,29,42H,1-2,7-9,13H2,(H11,31,32,33,34,35,36,37,41,43,44,45,46,47,48,49,58)/p+1/t22-,25-,26-,29-/m1/s1. The fraction of sp³-hybridized carbons (Fsp3) is 0.333. The number of ether oxygens (including phenoxy) is 2. The summed E-state index contributed by atoms with van der Waals surface area (Å²) < 4.78 is 51.4. The Balaban J connectivity index is 1.04. The summed E-state index contributed by atoms with van der Waals surface area (Å²) in [5.41, 5.74) is 21.2. The molecule has 312 valence electrons. The summed E-state index contributed by atoms with van der Waals surface area (Å²) in [5, 5.41) is 18.2. The van der Waals surface area contributed by atoms with Crippen LogP contribution in [0.5, 0.6) is 0 Å². The van der Waals surface area contributed by atoms with Crippen molar-refractivity contribution in [2.45, 2.75) is 43.9 Å². The van der Waals surface area contributed by atoms with Crippen molar-refractivity contribution >= 4 is 96.3 Å². The Morgan fingerprint density at radius 2 is 1.57 bits per heavy atom. The van der Waals surface area contributed by atoms with Crippen LogP contribution in [0.2, 0.25) is 0 Å². The largest absolute Gasteiger partial charge is 0.488 e. The quantitative estimate of drug-likeness (QED) is 0.0213. The number of carbonyl (C=O) groups excluding carboxylic acids is 2. The van der Waals surface area contributed by atoms with Crippen LogP contribution < -0.4 is 32.4 Å². The Bertz CT molecular complexity index is 2450. The van der Waals surface area contributed by atoms with Crippen molar-refractivity contribution in [1.82, 2.24) is 30.2 Å². The molecule has 4 heterocycles. The average Bonchev–Trinajstić information content (AvgIpc) is 3.69. The monoisotopic (exact) mass is 887 g/mol. The summed E-state index contributed by atoms with van der Waals surface area (Å²) in [6.07, 6.45) is -4.52. The number of hydrogen-bond donors (Lipinski definition) is 10. The summed E-state index contributed by atoms with van der Waals surface area (Å²) >= 11 is 4.06. The number of nitrogens with one attached hydrogen (secondary N) is 2. The smallest absolute Gasteiger partial charge is 0.439 e. The Morgan fingerprint density at radius 1 is 0.914 bits per heavy atom. The van der Waals surface area contributed by atoms with E-state index in [0.717, 1.165) is 28.1 Å². The maximum atomic E-state index is 12.9. The summed E-state index contributed by atoms with van der Waals surface area (Å²) in [4.78, 5) is 75.5. The third-order valence-corrected chi connectivity index (χ3v) is 12.9. The molecule has 1 fully saturated rings. The Hall–Kier alpha value is -4.45. The second-order valence-corrected chi connectivity index (χ2v) is 18.6. The van der Waals surface area contributed by atoms with Crippen LogP contribution in [0.3, 0.4) is 0 Å². The molecule has 6 rings (SSSR count). The van der Waals surface area contributed by atoms with E-state index in [0.29, 0.717) is 24.3 Å². The van der Waals surface area contributed by atoms with Gasteiger partial charge in [-0.05, 0) is 42.1 Å². The molecular weight excluding hydrogens is 849 g/mol. The first-order valence-corrected chi connectivity index (χ1v) is 22.6. The van der Waals surface area contributed by atoms with Crippen LogP contribution in [-0.2, 0) is 54.9 Å². The lowest BCUT2D eigenvalue weighted by atomic mass is 10.1. The molecule has 0 bridgehead atoms. The Labute approximate surface area is 332 Å². The summed E-state index contributed by atoms with van der Waals surface area (Å²) in [6, 6.07) is 13.2. The van der Waals surface area contributed by atoms with Gasteiger partial charge in [-0.3, -0.25) is 13.9 Å². The number of nitrogens with zero attached hydrogens (tertiary/aromatic N) is 5. The number of fused-ring (bicyclic) bond motifs is 3. The van der Waals surface area contributed by atoms with Crippen LogP contribution in [0, 0.1) is 0 Å². The summed E-state index contributed by atoms with van der Waals surface area (Å²) in [6.45, 7) is -5.46. The zero-order valence-electron chi connectivity index (χ0n) is 29.9. The minimum atomic E-state index is -5.63. The molecule has 0 aliphatic carbocycles. The second-order valence-electron chi connectivity index (χ2n) is 12.7. The molecule has 0 spiro atoms. The van der Waals surface area contributed by atoms with Gasteiger partial charge in [0.25, 0.3) is 0 Å². The van der Waals surface area contributed by atoms with Crippen LogP contribution >= 0.6 is 22.4 Å². The van der Waals surface area contributed by atoms with Crippen LogP contribution in [0.4, 0.5) is 22.0 Å². The maximum Gasteiger partial charge on any atom is 0.488 e. The number of nitrogens with two attached hydrogens (primary N) is 3. The number of phosphoric ester groups is 1. The number of pyridine rings is 1. The number of anilines is 3. The summed E-state index contributed by atoms with van der Waals surface area (Å²) in [7, 11) is -11.2. The number of aliphatic hydroxyl groups is 1. The number of phosphoric acid groups is 2. The number of imidazole rings is 1. The van der Waals surface area contributed by atoms with Gasteiger partial charge in [-0.15, -0.1) is 0 Å². The van der Waals surface area contributed by atoms with Crippen molar-refractivity contribution in [2.75, 3.05) is 36.9 Å². The number of hydrogen-bond acceptors (Lipinski definition) is 17. The number of aromatic nitrogens is 5. The van der Waals surface area contributed by atoms with E-state index >= 15 is 0 Å². The molecule has 0 saturated carbocycles. The number of aryl methyl sites for hydroxylation is 1. The number of alkyl carbamates (subject to hydrolysis) is 1. The van der Waals surface area contributed by atoms with Gasteiger partial charge in [-0.2, -0.15) is 8.88 Å². The van der Waals surface area contributed by atoms with Gasteiger partial charge in [0.1, 0.15) is 30.6 Å². The zero-order chi connectivity index (χ0) is 42.0. The van der Waals surface area contributed by atoms with E-state index in [2.05, 4.69) is 50.6 Å². The van der Waals surface area contributed by atoms with E-state index in [-0.39, 0.29) is 42.4 Å². The molecule has 13 N–H and O–H groups in total. The van der Waals surface area contributed by atoms with Crippen LogP contribution in [-0.4, -0.2) is 94.2 Å². The number of rotatable bonds is 16. The lowest BCUT2D eigenvalue weighted by Gasteiger charge is -2.22. The van der Waals surface area contributed by atoms with Gasteiger partial charge in [0, 0.05) is 60.2 Å². The molecule has 1 saturated heterocycles. The average molecular weight is 888 g/mol. The number of nitrogen functional groups attached to an aromatic ring is 3. The van der Waals surface area contributed by atoms with Crippen LogP contribution in [0.1, 0.15) is 19.1 Å². The highest BCUT2D eigenvalue weighted by Crippen LogP contribution is 2.66. The molecule has 3 aromatic heterocycles. The van der Waals surface area contributed by atoms with Crippen molar-refractivity contribution in [2.24, 2.45) is 0 Å². The third kappa shape index (κ3) is 10.6. The number of aliphatic hydroxyl groups excluding tert-OH is 1. The molecule has 24 nitrogen and oxygen atoms in total. The van der Waals surface area contributed by atoms with E-state index in [1.807, 2.05) is 42.5 Å². The normalized spacial score (nSPS) is 20.5. The highest BCUT2D eigenvalue weighted by atomic mass is 32.5. The zero-order valence-corrected chi connectivity index (χ0v) is 33.4. The first kappa shape index (κ1) is 43.1. The molecule has 2 unspecified atom stereocenters. The highest BCUT2D eigenvalue weighted by molar-refractivity contribution is 8.08. The van der Waals surface area contributed by atoms with E-state index < -0.39 is 59.6 Å². The minimum Gasteiger partial charge on any atom is -0.439 e. The van der Waals surface area contributed by atoms with E-state index in [9.17, 15) is 33.6 Å². The van der Waals surface area contributed by atoms with E-state index in [4.69, 9.17) is 41.0 Å². The maximum absolute atomic E-state index is 12.9. The molecule has 58 heavy (non-hydrogen) atoms. The van der Waals surface area contributed by atoms with Gasteiger partial charge in [0.05, 0.1) is 12.9 Å². The first-order chi connectivity index (χ1) is 27.3.